The largest absolute Gasteiger partial charge is 0.312 e. The molecular formula is C6H7ClN5+. The molecule has 5 nitrogen and oxygen atoms in total. The van der Waals surface area contributed by atoms with E-state index in [4.69, 9.17) is 11.6 Å². The van der Waals surface area contributed by atoms with E-state index in [0.717, 1.165) is 11.5 Å². The molecule has 0 aliphatic heterocycles. The number of nitrogens with one attached hydrogen (secondary N) is 3. The molecule has 0 aliphatic carbocycles. The Morgan fingerprint density at radius 2 is 2.50 bits per heavy atom. The minimum absolute atomic E-state index is 0.236. The Bertz CT molecular complexity index is 409. The van der Waals surface area contributed by atoms with Crippen LogP contribution in [0.4, 0.5) is 5.95 Å². The zero-order valence-electron chi connectivity index (χ0n) is 6.35. The van der Waals surface area contributed by atoms with Crippen molar-refractivity contribution in [2.45, 2.75) is 0 Å². The SMILES string of the molecule is CNc1[nH]c2cnc(Cl)nc2[nH+]1. The molecule has 0 bridgehead atoms. The van der Waals surface area contributed by atoms with Gasteiger partial charge in [-0.1, -0.05) is 4.98 Å². The Balaban J connectivity index is 2.67. The highest BCUT2D eigenvalue weighted by atomic mass is 35.5. The first-order valence-electron chi connectivity index (χ1n) is 3.41. The molecule has 12 heavy (non-hydrogen) atoms. The number of imidazole rings is 1. The fourth-order valence-corrected chi connectivity index (χ4v) is 1.09. The molecule has 0 atom stereocenters. The number of hydrogen-bond acceptors (Lipinski definition) is 3. The summed E-state index contributed by atoms with van der Waals surface area (Å²) in [7, 11) is 1.80. The minimum Gasteiger partial charge on any atom is -0.300 e. The van der Waals surface area contributed by atoms with Crippen LogP contribution in [0, 0.1) is 0 Å². The highest BCUT2D eigenvalue weighted by Crippen LogP contribution is 2.07. The monoisotopic (exact) mass is 184 g/mol. The van der Waals surface area contributed by atoms with Crippen molar-refractivity contribution in [2.75, 3.05) is 12.4 Å². The number of anilines is 1. The third kappa shape index (κ3) is 1.08. The number of halogens is 1. The zero-order valence-corrected chi connectivity index (χ0v) is 7.11. The molecule has 6 heteroatoms. The summed E-state index contributed by atoms with van der Waals surface area (Å²) >= 11 is 5.59. The fourth-order valence-electron chi connectivity index (χ4n) is 0.956. The van der Waals surface area contributed by atoms with Crippen molar-refractivity contribution in [2.24, 2.45) is 0 Å². The molecule has 62 valence electrons. The van der Waals surface area contributed by atoms with Gasteiger partial charge in [0.1, 0.15) is 0 Å². The normalized spacial score (nSPS) is 10.5. The summed E-state index contributed by atoms with van der Waals surface area (Å²) in [5, 5.41) is 3.15. The van der Waals surface area contributed by atoms with E-state index in [-0.39, 0.29) is 5.28 Å². The van der Waals surface area contributed by atoms with Gasteiger partial charge in [0.05, 0.1) is 6.20 Å². The van der Waals surface area contributed by atoms with Gasteiger partial charge in [0, 0.05) is 7.05 Å². The van der Waals surface area contributed by atoms with E-state index in [1.165, 1.54) is 0 Å². The van der Waals surface area contributed by atoms with Gasteiger partial charge in [0.15, 0.2) is 5.52 Å². The molecule has 0 saturated heterocycles. The number of nitrogens with zero attached hydrogens (tertiary/aromatic N) is 2. The van der Waals surface area contributed by atoms with Crippen molar-refractivity contribution in [1.82, 2.24) is 15.0 Å². The van der Waals surface area contributed by atoms with Crippen LogP contribution in [0.2, 0.25) is 5.28 Å². The molecule has 3 N–H and O–H groups in total. The van der Waals surface area contributed by atoms with Crippen molar-refractivity contribution in [3.63, 3.8) is 0 Å². The lowest BCUT2D eigenvalue weighted by Crippen LogP contribution is -2.07. The van der Waals surface area contributed by atoms with E-state index < -0.39 is 0 Å². The Labute approximate surface area is 73.2 Å². The molecule has 0 aliphatic rings. The van der Waals surface area contributed by atoms with Crippen LogP contribution < -0.4 is 10.3 Å². The standard InChI is InChI=1S/C6H6ClN5/c1-8-6-10-3-2-9-5(7)11-4(3)12-6/h2H,1H3,(H2,8,9,10,11,12)/p+1. The van der Waals surface area contributed by atoms with Crippen LogP contribution in [0.15, 0.2) is 6.20 Å². The second kappa shape index (κ2) is 2.60. The summed E-state index contributed by atoms with van der Waals surface area (Å²) in [5.74, 6) is 0.779. The number of H-pyrrole nitrogens is 2. The summed E-state index contributed by atoms with van der Waals surface area (Å²) in [5.41, 5.74) is 1.52. The molecule has 2 aromatic rings. The zero-order chi connectivity index (χ0) is 8.55. The minimum atomic E-state index is 0.236. The number of aromatic amines is 2. The van der Waals surface area contributed by atoms with Crippen LogP contribution in [-0.4, -0.2) is 22.0 Å². The van der Waals surface area contributed by atoms with Gasteiger partial charge in [-0.15, -0.1) is 0 Å². The van der Waals surface area contributed by atoms with Gasteiger partial charge in [0.2, 0.25) is 0 Å². The first-order chi connectivity index (χ1) is 5.79. The lowest BCUT2D eigenvalue weighted by molar-refractivity contribution is -0.329. The summed E-state index contributed by atoms with van der Waals surface area (Å²) in [6.45, 7) is 0. The van der Waals surface area contributed by atoms with Gasteiger partial charge in [-0.25, -0.2) is 9.97 Å². The summed E-state index contributed by atoms with van der Waals surface area (Å²) in [6.07, 6.45) is 1.63. The van der Waals surface area contributed by atoms with Crippen molar-refractivity contribution in [3.05, 3.63) is 11.5 Å². The van der Waals surface area contributed by atoms with Crippen molar-refractivity contribution >= 4 is 28.7 Å². The van der Waals surface area contributed by atoms with Crippen molar-refractivity contribution < 1.29 is 4.98 Å². The molecule has 0 radical (unpaired) electrons. The highest BCUT2D eigenvalue weighted by Gasteiger charge is 2.08. The third-order valence-electron chi connectivity index (χ3n) is 1.51. The second-order valence-electron chi connectivity index (χ2n) is 2.28. The summed E-state index contributed by atoms with van der Waals surface area (Å²) in [4.78, 5) is 13.8. The molecule has 0 spiro atoms. The number of fused-ring (bicyclic) bond motifs is 1. The molecule has 2 rings (SSSR count). The maximum Gasteiger partial charge on any atom is 0.312 e. The van der Waals surface area contributed by atoms with Crippen LogP contribution in [0.25, 0.3) is 11.2 Å². The van der Waals surface area contributed by atoms with E-state index in [9.17, 15) is 0 Å². The Morgan fingerprint density at radius 3 is 3.25 bits per heavy atom. The van der Waals surface area contributed by atoms with Crippen LogP contribution in [0.3, 0.4) is 0 Å². The van der Waals surface area contributed by atoms with Crippen LogP contribution in [0.5, 0.6) is 0 Å². The van der Waals surface area contributed by atoms with Crippen LogP contribution in [-0.2, 0) is 0 Å². The van der Waals surface area contributed by atoms with Crippen molar-refractivity contribution in [3.8, 4) is 0 Å². The van der Waals surface area contributed by atoms with Gasteiger partial charge >= 0.3 is 5.95 Å². The highest BCUT2D eigenvalue weighted by molar-refractivity contribution is 6.28. The maximum absolute atomic E-state index is 5.59. The summed E-state index contributed by atoms with van der Waals surface area (Å²) in [6, 6.07) is 0. The maximum atomic E-state index is 5.59. The number of aromatic nitrogens is 4. The molecule has 0 amide bonds. The first-order valence-corrected chi connectivity index (χ1v) is 3.78. The molecule has 0 fully saturated rings. The third-order valence-corrected chi connectivity index (χ3v) is 1.69. The predicted octanol–water partition coefficient (Wildman–Crippen LogP) is 0.467. The molecule has 0 unspecified atom stereocenters. The Morgan fingerprint density at radius 1 is 1.67 bits per heavy atom. The van der Waals surface area contributed by atoms with Gasteiger partial charge in [-0.3, -0.25) is 10.3 Å². The van der Waals surface area contributed by atoms with E-state index >= 15 is 0 Å². The van der Waals surface area contributed by atoms with Gasteiger partial charge in [-0.05, 0) is 11.6 Å². The average Bonchev–Trinajstić information content (AvgIpc) is 2.46. The molecule has 0 aromatic carbocycles. The van der Waals surface area contributed by atoms with E-state index in [1.807, 2.05) is 0 Å². The molecule has 0 saturated carbocycles. The van der Waals surface area contributed by atoms with Crippen LogP contribution in [0.1, 0.15) is 0 Å². The lowest BCUT2D eigenvalue weighted by Gasteiger charge is -1.80. The fraction of sp³-hybridized carbons (Fsp3) is 0.167. The molecule has 2 heterocycles. The van der Waals surface area contributed by atoms with E-state index in [1.54, 1.807) is 13.2 Å². The topological polar surface area (TPSA) is 67.7 Å². The van der Waals surface area contributed by atoms with Gasteiger partial charge in [0.25, 0.3) is 10.9 Å². The van der Waals surface area contributed by atoms with E-state index in [0.29, 0.717) is 5.65 Å². The van der Waals surface area contributed by atoms with Crippen molar-refractivity contribution in [1.29, 1.82) is 0 Å². The van der Waals surface area contributed by atoms with Crippen LogP contribution >= 0.6 is 11.6 Å². The van der Waals surface area contributed by atoms with Gasteiger partial charge in [-0.2, -0.15) is 0 Å². The van der Waals surface area contributed by atoms with E-state index in [2.05, 4.69) is 25.3 Å². The smallest absolute Gasteiger partial charge is 0.300 e. The molecule has 2 aromatic heterocycles. The second-order valence-corrected chi connectivity index (χ2v) is 2.61. The quantitative estimate of drug-likeness (QED) is 0.633. The van der Waals surface area contributed by atoms with Gasteiger partial charge < -0.3 is 0 Å². The summed E-state index contributed by atoms with van der Waals surface area (Å²) < 4.78 is 0. The average molecular weight is 185 g/mol. The number of hydrogen-bond donors (Lipinski definition) is 2. The molecular weight excluding hydrogens is 178 g/mol. The lowest BCUT2D eigenvalue weighted by atomic mass is 10.6. The first kappa shape index (κ1) is 7.30. The Kier molecular flexibility index (Phi) is 1.58. The predicted molar refractivity (Wildman–Crippen MR) is 45.0 cm³/mol. The Hall–Kier alpha value is -1.36. The number of rotatable bonds is 1.